The molecule has 0 saturated carbocycles. The van der Waals surface area contributed by atoms with E-state index in [2.05, 4.69) is 15.1 Å². The quantitative estimate of drug-likeness (QED) is 0.839. The monoisotopic (exact) mass is 320 g/mol. The highest BCUT2D eigenvalue weighted by Gasteiger charge is 2.42. The first-order valence-corrected chi connectivity index (χ1v) is 8.28. The predicted octanol–water partition coefficient (Wildman–Crippen LogP) is 1.83. The van der Waals surface area contributed by atoms with E-state index in [0.717, 1.165) is 12.8 Å². The fourth-order valence-electron chi connectivity index (χ4n) is 3.23. The van der Waals surface area contributed by atoms with Crippen LogP contribution in [-0.2, 0) is 4.74 Å². The lowest BCUT2D eigenvalue weighted by Gasteiger charge is -2.33. The van der Waals surface area contributed by atoms with E-state index in [4.69, 9.17) is 9.26 Å². The first kappa shape index (κ1) is 13.8. The number of carbonyl (C=O) groups is 1. The molecule has 0 radical (unpaired) electrons. The van der Waals surface area contributed by atoms with Gasteiger partial charge in [-0.3, -0.25) is 4.79 Å². The standard InChI is InChI=1S/C14H16N4O3S/c1-8-16-13(21-17-8)12-4-9-5-18(3-2-11(9)20-12)14(19)10-6-22-7-15-10/h6-7,9,11-12H,2-5H2,1H3/t9-,11-,12+/m0/s1. The minimum atomic E-state index is -0.148. The van der Waals surface area contributed by atoms with Gasteiger partial charge in [0, 0.05) is 24.4 Å². The molecule has 1 amide bonds. The van der Waals surface area contributed by atoms with Crippen LogP contribution in [0.2, 0.25) is 0 Å². The Morgan fingerprint density at radius 1 is 1.50 bits per heavy atom. The fourth-order valence-corrected chi connectivity index (χ4v) is 3.75. The predicted molar refractivity (Wildman–Crippen MR) is 77.4 cm³/mol. The Kier molecular flexibility index (Phi) is 3.42. The van der Waals surface area contributed by atoms with Gasteiger partial charge in [-0.2, -0.15) is 4.98 Å². The third-order valence-electron chi connectivity index (χ3n) is 4.28. The van der Waals surface area contributed by atoms with Gasteiger partial charge in [0.1, 0.15) is 11.8 Å². The number of likely N-dealkylation sites (tertiary alicyclic amines) is 1. The average molecular weight is 320 g/mol. The maximum absolute atomic E-state index is 12.4. The molecule has 116 valence electrons. The molecule has 3 atom stereocenters. The lowest BCUT2D eigenvalue weighted by Crippen LogP contribution is -2.44. The van der Waals surface area contributed by atoms with Crippen molar-refractivity contribution in [2.45, 2.75) is 32.0 Å². The summed E-state index contributed by atoms with van der Waals surface area (Å²) in [5.74, 6) is 1.49. The Morgan fingerprint density at radius 2 is 2.41 bits per heavy atom. The van der Waals surface area contributed by atoms with Crippen molar-refractivity contribution < 1.29 is 14.1 Å². The molecule has 0 bridgehead atoms. The topological polar surface area (TPSA) is 81.4 Å². The second-order valence-corrected chi connectivity index (χ2v) is 6.47. The summed E-state index contributed by atoms with van der Waals surface area (Å²) in [5.41, 5.74) is 2.22. The van der Waals surface area contributed by atoms with Gasteiger partial charge in [-0.15, -0.1) is 11.3 Å². The second kappa shape index (κ2) is 5.44. The molecule has 22 heavy (non-hydrogen) atoms. The molecule has 2 fully saturated rings. The third kappa shape index (κ3) is 2.42. The highest BCUT2D eigenvalue weighted by molar-refractivity contribution is 7.07. The van der Waals surface area contributed by atoms with E-state index in [9.17, 15) is 4.79 Å². The highest BCUT2D eigenvalue weighted by Crippen LogP contribution is 2.40. The first-order chi connectivity index (χ1) is 10.7. The molecule has 2 aromatic heterocycles. The van der Waals surface area contributed by atoms with Gasteiger partial charge < -0.3 is 14.2 Å². The Labute approximate surface area is 131 Å². The van der Waals surface area contributed by atoms with Crippen molar-refractivity contribution in [1.29, 1.82) is 0 Å². The zero-order valence-corrected chi connectivity index (χ0v) is 13.0. The van der Waals surface area contributed by atoms with Gasteiger partial charge in [-0.05, 0) is 19.8 Å². The van der Waals surface area contributed by atoms with E-state index < -0.39 is 0 Å². The van der Waals surface area contributed by atoms with E-state index in [1.54, 1.807) is 17.8 Å². The minimum absolute atomic E-state index is 0.0109. The molecule has 4 heterocycles. The van der Waals surface area contributed by atoms with Crippen molar-refractivity contribution in [2.24, 2.45) is 5.92 Å². The lowest BCUT2D eigenvalue weighted by molar-refractivity contribution is -0.00785. The number of aryl methyl sites for hydroxylation is 1. The average Bonchev–Trinajstić information content (AvgIpc) is 3.25. The number of aromatic nitrogens is 3. The molecule has 2 aliphatic heterocycles. The van der Waals surface area contributed by atoms with Gasteiger partial charge in [0.25, 0.3) is 11.8 Å². The van der Waals surface area contributed by atoms with Crippen molar-refractivity contribution in [3.63, 3.8) is 0 Å². The van der Waals surface area contributed by atoms with Gasteiger partial charge >= 0.3 is 0 Å². The summed E-state index contributed by atoms with van der Waals surface area (Å²) in [6.07, 6.45) is 1.67. The van der Waals surface area contributed by atoms with Crippen LogP contribution in [0.3, 0.4) is 0 Å². The maximum Gasteiger partial charge on any atom is 0.273 e. The van der Waals surface area contributed by atoms with E-state index in [1.165, 1.54) is 11.3 Å². The first-order valence-electron chi connectivity index (χ1n) is 7.34. The molecule has 2 saturated heterocycles. The minimum Gasteiger partial charge on any atom is -0.365 e. The fraction of sp³-hybridized carbons (Fsp3) is 0.571. The number of fused-ring (bicyclic) bond motifs is 1. The van der Waals surface area contributed by atoms with E-state index in [1.807, 2.05) is 4.90 Å². The second-order valence-electron chi connectivity index (χ2n) is 5.75. The number of hydrogen-bond acceptors (Lipinski definition) is 7. The highest BCUT2D eigenvalue weighted by atomic mass is 32.1. The zero-order chi connectivity index (χ0) is 15.1. The zero-order valence-electron chi connectivity index (χ0n) is 12.1. The van der Waals surface area contributed by atoms with Gasteiger partial charge in [-0.25, -0.2) is 4.98 Å². The number of hydrogen-bond donors (Lipinski definition) is 0. The number of carbonyl (C=O) groups excluding carboxylic acids is 1. The molecule has 0 aliphatic carbocycles. The number of ether oxygens (including phenoxy) is 1. The van der Waals surface area contributed by atoms with Gasteiger partial charge in [0.15, 0.2) is 5.82 Å². The molecular weight excluding hydrogens is 304 g/mol. The van der Waals surface area contributed by atoms with E-state index in [-0.39, 0.29) is 18.1 Å². The van der Waals surface area contributed by atoms with E-state index >= 15 is 0 Å². The molecule has 0 aromatic carbocycles. The van der Waals surface area contributed by atoms with Crippen LogP contribution in [0.25, 0.3) is 0 Å². The van der Waals surface area contributed by atoms with Crippen molar-refractivity contribution >= 4 is 17.2 Å². The third-order valence-corrected chi connectivity index (χ3v) is 4.86. The molecule has 0 unspecified atom stereocenters. The van der Waals surface area contributed by atoms with Crippen LogP contribution >= 0.6 is 11.3 Å². The SMILES string of the molecule is Cc1noc([C@H]2C[C@H]3CN(C(=O)c4cscn4)CC[C@@H]3O2)n1. The molecule has 7 nitrogen and oxygen atoms in total. The summed E-state index contributed by atoms with van der Waals surface area (Å²) in [4.78, 5) is 22.6. The largest absolute Gasteiger partial charge is 0.365 e. The number of piperidine rings is 1. The molecule has 0 N–H and O–H groups in total. The smallest absolute Gasteiger partial charge is 0.273 e. The summed E-state index contributed by atoms with van der Waals surface area (Å²) < 4.78 is 11.2. The molecular formula is C14H16N4O3S. The molecule has 0 spiro atoms. The van der Waals surface area contributed by atoms with Crippen molar-refractivity contribution in [3.8, 4) is 0 Å². The summed E-state index contributed by atoms with van der Waals surface area (Å²) >= 11 is 1.44. The Morgan fingerprint density at radius 3 is 3.14 bits per heavy atom. The molecule has 8 heteroatoms. The lowest BCUT2D eigenvalue weighted by atomic mass is 9.92. The Bertz CT molecular complexity index is 671. The van der Waals surface area contributed by atoms with Gasteiger partial charge in [0.2, 0.25) is 0 Å². The van der Waals surface area contributed by atoms with Gasteiger partial charge in [-0.1, -0.05) is 5.16 Å². The van der Waals surface area contributed by atoms with Crippen LogP contribution in [0.4, 0.5) is 0 Å². The van der Waals surface area contributed by atoms with Crippen molar-refractivity contribution in [1.82, 2.24) is 20.0 Å². The summed E-state index contributed by atoms with van der Waals surface area (Å²) in [6, 6.07) is 0. The summed E-state index contributed by atoms with van der Waals surface area (Å²) in [7, 11) is 0. The molecule has 2 aliphatic rings. The Balaban J connectivity index is 1.44. The molecule has 4 rings (SSSR count). The van der Waals surface area contributed by atoms with Crippen LogP contribution in [0.15, 0.2) is 15.4 Å². The van der Waals surface area contributed by atoms with Crippen LogP contribution in [-0.4, -0.2) is 45.1 Å². The Hall–Kier alpha value is -1.80. The van der Waals surface area contributed by atoms with Crippen molar-refractivity contribution in [2.75, 3.05) is 13.1 Å². The van der Waals surface area contributed by atoms with Crippen LogP contribution in [0.1, 0.15) is 41.1 Å². The van der Waals surface area contributed by atoms with Crippen LogP contribution in [0, 0.1) is 12.8 Å². The normalized spacial score (nSPS) is 27.9. The van der Waals surface area contributed by atoms with Crippen LogP contribution in [0.5, 0.6) is 0 Å². The number of rotatable bonds is 2. The van der Waals surface area contributed by atoms with E-state index in [0.29, 0.717) is 36.4 Å². The number of nitrogens with zero attached hydrogens (tertiary/aromatic N) is 4. The summed E-state index contributed by atoms with van der Waals surface area (Å²) in [6.45, 7) is 3.20. The van der Waals surface area contributed by atoms with Gasteiger partial charge in [0.05, 0.1) is 11.6 Å². The number of thiazole rings is 1. The summed E-state index contributed by atoms with van der Waals surface area (Å²) in [5, 5.41) is 5.61. The molecule has 2 aromatic rings. The van der Waals surface area contributed by atoms with Crippen molar-refractivity contribution in [3.05, 3.63) is 28.3 Å². The maximum atomic E-state index is 12.4. The van der Waals surface area contributed by atoms with Crippen LogP contribution < -0.4 is 0 Å². The number of amides is 1.